The van der Waals surface area contributed by atoms with Crippen LogP contribution in [0.1, 0.15) is 18.4 Å². The van der Waals surface area contributed by atoms with Crippen LogP contribution in [0.25, 0.3) is 0 Å². The summed E-state index contributed by atoms with van der Waals surface area (Å²) in [6.45, 7) is 0. The van der Waals surface area contributed by atoms with Gasteiger partial charge < -0.3 is 15.2 Å². The number of hydrogen-bond acceptors (Lipinski definition) is 4. The number of esters is 1. The Morgan fingerprint density at radius 3 is 2.45 bits per heavy atom. The second kappa shape index (κ2) is 7.93. The van der Waals surface area contributed by atoms with Crippen molar-refractivity contribution in [3.63, 3.8) is 0 Å². The van der Waals surface area contributed by atoms with E-state index in [0.29, 0.717) is 0 Å². The highest BCUT2D eigenvalue weighted by molar-refractivity contribution is 5.85. The third kappa shape index (κ3) is 5.51. The van der Waals surface area contributed by atoms with Gasteiger partial charge in [-0.05, 0) is 12.0 Å². The Labute approximate surface area is 116 Å². The highest BCUT2D eigenvalue weighted by atomic mass is 16.5. The van der Waals surface area contributed by atoms with Crippen molar-refractivity contribution in [2.45, 2.75) is 25.3 Å². The van der Waals surface area contributed by atoms with Crippen LogP contribution in [0, 0.1) is 0 Å². The van der Waals surface area contributed by atoms with Gasteiger partial charge in [-0.2, -0.15) is 0 Å². The molecule has 1 amide bonds. The van der Waals surface area contributed by atoms with Gasteiger partial charge in [0.15, 0.2) is 0 Å². The standard InChI is InChI=1S/C14H17NO5/c1-20-13(17)8-7-11(14(18)19)15-12(16)9-10-5-3-2-4-6-10/h2-6,11H,7-9H2,1H3,(H,15,16)(H,18,19)/t11-/m0/s1. The number of methoxy groups -OCH3 is 1. The number of rotatable bonds is 7. The number of nitrogens with one attached hydrogen (secondary N) is 1. The zero-order valence-corrected chi connectivity index (χ0v) is 11.2. The molecule has 0 aliphatic carbocycles. The van der Waals surface area contributed by atoms with Crippen molar-refractivity contribution < 1.29 is 24.2 Å². The molecule has 0 aliphatic rings. The average Bonchev–Trinajstić information content (AvgIpc) is 2.43. The number of carbonyl (C=O) groups is 3. The lowest BCUT2D eigenvalue weighted by atomic mass is 10.1. The molecule has 1 aromatic rings. The third-order valence-corrected chi connectivity index (χ3v) is 2.71. The number of carboxylic acids is 1. The van der Waals surface area contributed by atoms with Crippen molar-refractivity contribution in [2.24, 2.45) is 0 Å². The second-order valence-corrected chi connectivity index (χ2v) is 4.24. The molecule has 20 heavy (non-hydrogen) atoms. The summed E-state index contributed by atoms with van der Waals surface area (Å²) in [7, 11) is 1.23. The Hall–Kier alpha value is -2.37. The Balaban J connectivity index is 2.50. The van der Waals surface area contributed by atoms with Crippen molar-refractivity contribution in [1.29, 1.82) is 0 Å². The molecule has 6 heteroatoms. The first-order valence-corrected chi connectivity index (χ1v) is 6.16. The van der Waals surface area contributed by atoms with Gasteiger partial charge in [-0.25, -0.2) is 4.79 Å². The predicted octanol–water partition coefficient (Wildman–Crippen LogP) is 0.752. The molecule has 0 spiro atoms. The maximum Gasteiger partial charge on any atom is 0.326 e. The van der Waals surface area contributed by atoms with E-state index in [1.807, 2.05) is 6.07 Å². The maximum absolute atomic E-state index is 11.8. The largest absolute Gasteiger partial charge is 0.480 e. The minimum Gasteiger partial charge on any atom is -0.480 e. The van der Waals surface area contributed by atoms with Gasteiger partial charge in [0, 0.05) is 6.42 Å². The lowest BCUT2D eigenvalue weighted by molar-refractivity contribution is -0.144. The van der Waals surface area contributed by atoms with Gasteiger partial charge >= 0.3 is 11.9 Å². The van der Waals surface area contributed by atoms with Gasteiger partial charge in [-0.1, -0.05) is 30.3 Å². The van der Waals surface area contributed by atoms with E-state index < -0.39 is 23.9 Å². The average molecular weight is 279 g/mol. The Kier molecular flexibility index (Phi) is 6.22. The zero-order chi connectivity index (χ0) is 15.0. The van der Waals surface area contributed by atoms with Crippen LogP contribution in [0.15, 0.2) is 30.3 Å². The van der Waals surface area contributed by atoms with Gasteiger partial charge in [-0.15, -0.1) is 0 Å². The Morgan fingerprint density at radius 1 is 1.25 bits per heavy atom. The van der Waals surface area contributed by atoms with Crippen molar-refractivity contribution in [3.8, 4) is 0 Å². The van der Waals surface area contributed by atoms with E-state index in [-0.39, 0.29) is 19.3 Å². The summed E-state index contributed by atoms with van der Waals surface area (Å²) < 4.78 is 4.44. The Bertz CT molecular complexity index is 472. The van der Waals surface area contributed by atoms with Crippen LogP contribution in [-0.4, -0.2) is 36.1 Å². The second-order valence-electron chi connectivity index (χ2n) is 4.24. The molecule has 0 aromatic heterocycles. The summed E-state index contributed by atoms with van der Waals surface area (Å²) in [5.41, 5.74) is 0.794. The molecule has 1 rings (SSSR count). The van der Waals surface area contributed by atoms with E-state index in [9.17, 15) is 14.4 Å². The van der Waals surface area contributed by atoms with Crippen LogP contribution < -0.4 is 5.32 Å². The van der Waals surface area contributed by atoms with Crippen LogP contribution in [0.5, 0.6) is 0 Å². The molecule has 0 heterocycles. The first-order valence-electron chi connectivity index (χ1n) is 6.16. The molecule has 0 aliphatic heterocycles. The van der Waals surface area contributed by atoms with Crippen molar-refractivity contribution >= 4 is 17.8 Å². The van der Waals surface area contributed by atoms with E-state index in [1.54, 1.807) is 24.3 Å². The van der Waals surface area contributed by atoms with E-state index >= 15 is 0 Å². The molecule has 0 radical (unpaired) electrons. The number of carbonyl (C=O) groups excluding carboxylic acids is 2. The smallest absolute Gasteiger partial charge is 0.326 e. The maximum atomic E-state index is 11.8. The Morgan fingerprint density at radius 2 is 1.90 bits per heavy atom. The number of benzene rings is 1. The summed E-state index contributed by atoms with van der Waals surface area (Å²) in [4.78, 5) is 33.8. The SMILES string of the molecule is COC(=O)CC[C@H](NC(=O)Cc1ccccc1)C(=O)O. The van der Waals surface area contributed by atoms with Crippen LogP contribution in [0.3, 0.4) is 0 Å². The van der Waals surface area contributed by atoms with E-state index in [4.69, 9.17) is 5.11 Å². The molecule has 0 saturated carbocycles. The molecule has 1 aromatic carbocycles. The van der Waals surface area contributed by atoms with E-state index in [0.717, 1.165) is 5.56 Å². The van der Waals surface area contributed by atoms with Crippen molar-refractivity contribution in [2.75, 3.05) is 7.11 Å². The molecule has 0 unspecified atom stereocenters. The highest BCUT2D eigenvalue weighted by Crippen LogP contribution is 2.03. The molecular weight excluding hydrogens is 262 g/mol. The number of aliphatic carboxylic acids is 1. The normalized spacial score (nSPS) is 11.4. The number of amides is 1. The monoisotopic (exact) mass is 279 g/mol. The summed E-state index contributed by atoms with van der Waals surface area (Å²) in [5, 5.41) is 11.4. The lowest BCUT2D eigenvalue weighted by Crippen LogP contribution is -2.41. The fourth-order valence-corrected chi connectivity index (χ4v) is 1.65. The minimum absolute atomic E-state index is 0.00252. The first-order chi connectivity index (χ1) is 9.52. The molecule has 6 nitrogen and oxygen atoms in total. The van der Waals surface area contributed by atoms with Gasteiger partial charge in [-0.3, -0.25) is 9.59 Å². The number of ether oxygens (including phenoxy) is 1. The topological polar surface area (TPSA) is 92.7 Å². The van der Waals surface area contributed by atoms with Crippen molar-refractivity contribution in [1.82, 2.24) is 5.32 Å². The first kappa shape index (κ1) is 15.7. The summed E-state index contributed by atoms with van der Waals surface area (Å²) >= 11 is 0. The molecule has 0 bridgehead atoms. The van der Waals surface area contributed by atoms with E-state index in [2.05, 4.69) is 10.1 Å². The number of carboxylic acid groups (broad SMARTS) is 1. The molecule has 2 N–H and O–H groups in total. The molecule has 108 valence electrons. The third-order valence-electron chi connectivity index (χ3n) is 2.71. The fourth-order valence-electron chi connectivity index (χ4n) is 1.65. The molecule has 1 atom stereocenters. The quantitative estimate of drug-likeness (QED) is 0.718. The molecule has 0 fully saturated rings. The van der Waals surface area contributed by atoms with Gasteiger partial charge in [0.2, 0.25) is 5.91 Å². The summed E-state index contributed by atoms with van der Waals surface area (Å²) in [5.74, 6) is -2.07. The van der Waals surface area contributed by atoms with Gasteiger partial charge in [0.05, 0.1) is 13.5 Å². The van der Waals surface area contributed by atoms with E-state index in [1.165, 1.54) is 7.11 Å². The summed E-state index contributed by atoms with van der Waals surface area (Å²) in [6.07, 6.45) is 0.0461. The van der Waals surface area contributed by atoms with Crippen LogP contribution >= 0.6 is 0 Å². The van der Waals surface area contributed by atoms with Crippen LogP contribution in [0.4, 0.5) is 0 Å². The fraction of sp³-hybridized carbons (Fsp3) is 0.357. The van der Waals surface area contributed by atoms with Crippen LogP contribution in [0.2, 0.25) is 0 Å². The molecular formula is C14H17NO5. The minimum atomic E-state index is -1.17. The van der Waals surface area contributed by atoms with Gasteiger partial charge in [0.1, 0.15) is 6.04 Å². The zero-order valence-electron chi connectivity index (χ0n) is 11.2. The lowest BCUT2D eigenvalue weighted by Gasteiger charge is -2.13. The van der Waals surface area contributed by atoms with Crippen molar-refractivity contribution in [3.05, 3.63) is 35.9 Å². The summed E-state index contributed by atoms with van der Waals surface area (Å²) in [6, 6.07) is 7.90. The predicted molar refractivity (Wildman–Crippen MR) is 71.0 cm³/mol. The number of hydrogen-bond donors (Lipinski definition) is 2. The molecule has 0 saturated heterocycles. The highest BCUT2D eigenvalue weighted by Gasteiger charge is 2.21. The van der Waals surface area contributed by atoms with Gasteiger partial charge in [0.25, 0.3) is 0 Å². The van der Waals surface area contributed by atoms with Crippen LogP contribution in [-0.2, 0) is 25.5 Å².